The molecule has 0 aromatic carbocycles. The van der Waals surface area contributed by atoms with Gasteiger partial charge >= 0.3 is 27.2 Å². The largest absolute Gasteiger partial charge is 0.437 e. The molecule has 0 spiro atoms. The smallest absolute Gasteiger partial charge is 0.281 e. The fourth-order valence-electron chi connectivity index (χ4n) is 2.39. The maximum absolute atomic E-state index is 13.4. The minimum Gasteiger partial charge on any atom is -0.281 e. The molecule has 0 unspecified atom stereocenters. The number of alkyl halides is 6. The Morgan fingerprint density at radius 2 is 1.43 bits per heavy atom. The van der Waals surface area contributed by atoms with Crippen molar-refractivity contribution >= 4 is 10.1 Å². The molecule has 0 radical (unpaired) electrons. The van der Waals surface area contributed by atoms with Crippen molar-refractivity contribution in [1.82, 2.24) is 0 Å². The van der Waals surface area contributed by atoms with Gasteiger partial charge < -0.3 is 0 Å². The molecule has 0 aromatic rings. The summed E-state index contributed by atoms with van der Waals surface area (Å²) in [7, 11) is -6.65. The first-order valence-corrected chi connectivity index (χ1v) is 7.87. The van der Waals surface area contributed by atoms with E-state index >= 15 is 0 Å². The van der Waals surface area contributed by atoms with E-state index in [0.717, 1.165) is 19.3 Å². The van der Waals surface area contributed by atoms with Crippen LogP contribution < -0.4 is 0 Å². The van der Waals surface area contributed by atoms with Gasteiger partial charge in [0.2, 0.25) is 0 Å². The summed E-state index contributed by atoms with van der Waals surface area (Å²) in [4.78, 5) is 0. The predicted octanol–water partition coefficient (Wildman–Crippen LogP) is 4.10. The van der Waals surface area contributed by atoms with Gasteiger partial charge in [0, 0.05) is 6.42 Å². The highest BCUT2D eigenvalue weighted by molar-refractivity contribution is 7.87. The molecule has 0 aliphatic heterocycles. The van der Waals surface area contributed by atoms with Crippen molar-refractivity contribution < 1.29 is 39.3 Å². The Hall–Kier alpha value is -0.510. The third kappa shape index (κ3) is 3.64. The molecule has 1 aliphatic carbocycles. The minimum atomic E-state index is -6.65. The molecule has 0 amide bonds. The highest BCUT2D eigenvalue weighted by Gasteiger charge is 2.76. The van der Waals surface area contributed by atoms with E-state index in [1.54, 1.807) is 0 Å². The molecule has 3 nitrogen and oxygen atoms in total. The van der Waals surface area contributed by atoms with Crippen LogP contribution in [-0.2, 0) is 10.1 Å². The molecule has 126 valence electrons. The molecule has 1 fully saturated rings. The van der Waals surface area contributed by atoms with E-state index in [0.29, 0.717) is 12.8 Å². The van der Waals surface area contributed by atoms with Crippen LogP contribution in [0.25, 0.3) is 0 Å². The van der Waals surface area contributed by atoms with Crippen molar-refractivity contribution in [2.45, 2.75) is 62.0 Å². The van der Waals surface area contributed by atoms with Crippen LogP contribution >= 0.6 is 0 Å². The fraction of sp³-hybridized carbons (Fsp3) is 1.00. The summed E-state index contributed by atoms with van der Waals surface area (Å²) in [5.74, 6) is -11.7. The van der Waals surface area contributed by atoms with Gasteiger partial charge in [-0.3, -0.25) is 4.55 Å². The number of hydrogen-bond donors (Lipinski definition) is 1. The molecule has 1 rings (SSSR count). The molecule has 1 saturated carbocycles. The summed E-state index contributed by atoms with van der Waals surface area (Å²) in [6.07, 6.45) is 1.57. The van der Waals surface area contributed by atoms with Gasteiger partial charge in [-0.1, -0.05) is 32.1 Å². The topological polar surface area (TPSA) is 54.4 Å². The summed E-state index contributed by atoms with van der Waals surface area (Å²) in [5, 5.41) is -6.24. The van der Waals surface area contributed by atoms with Crippen molar-refractivity contribution in [1.29, 1.82) is 0 Å². The first-order chi connectivity index (χ1) is 9.33. The lowest BCUT2D eigenvalue weighted by Gasteiger charge is -2.32. The zero-order chi connectivity index (χ0) is 16.5. The molecule has 21 heavy (non-hydrogen) atoms. The van der Waals surface area contributed by atoms with E-state index in [1.165, 1.54) is 0 Å². The Bertz CT molecular complexity index is 457. The van der Waals surface area contributed by atoms with Gasteiger partial charge in [0.1, 0.15) is 0 Å². The molecular formula is C11H16F6O3S. The third-order valence-corrected chi connectivity index (χ3v) is 4.64. The molecule has 0 atom stereocenters. The van der Waals surface area contributed by atoms with Gasteiger partial charge in [-0.05, 0) is 12.3 Å². The standard InChI is InChI=1S/C11H16F6O3S/c12-9(13,7-6-8-4-2-1-3-5-8)10(14,15)11(16,17)21(18,19)20/h8H,1-7H2,(H,18,19,20). The molecule has 0 heterocycles. The Morgan fingerprint density at radius 1 is 0.952 bits per heavy atom. The highest BCUT2D eigenvalue weighted by Crippen LogP contribution is 2.50. The predicted molar refractivity (Wildman–Crippen MR) is 62.2 cm³/mol. The van der Waals surface area contributed by atoms with Crippen LogP contribution in [0.1, 0.15) is 44.9 Å². The summed E-state index contributed by atoms with van der Waals surface area (Å²) in [6.45, 7) is 0. The quantitative estimate of drug-likeness (QED) is 0.584. The second-order valence-corrected chi connectivity index (χ2v) is 6.78. The van der Waals surface area contributed by atoms with E-state index < -0.39 is 40.1 Å². The van der Waals surface area contributed by atoms with Crippen molar-refractivity contribution in [2.75, 3.05) is 0 Å². The molecule has 0 bridgehead atoms. The van der Waals surface area contributed by atoms with Crippen LogP contribution in [0.5, 0.6) is 0 Å². The van der Waals surface area contributed by atoms with E-state index in [-0.39, 0.29) is 5.92 Å². The molecule has 10 heteroatoms. The van der Waals surface area contributed by atoms with Gasteiger partial charge in [-0.15, -0.1) is 0 Å². The molecular weight excluding hydrogens is 326 g/mol. The average Bonchev–Trinajstić information content (AvgIpc) is 2.36. The minimum absolute atomic E-state index is 0.264. The second-order valence-electron chi connectivity index (χ2n) is 5.31. The maximum Gasteiger partial charge on any atom is 0.437 e. The third-order valence-electron chi connectivity index (χ3n) is 3.74. The van der Waals surface area contributed by atoms with Crippen LogP contribution in [-0.4, -0.2) is 30.1 Å². The summed E-state index contributed by atoms with van der Waals surface area (Å²) >= 11 is 0. The molecule has 0 aromatic heterocycles. The Labute approximate surface area is 118 Å². The van der Waals surface area contributed by atoms with Gasteiger partial charge in [-0.2, -0.15) is 34.8 Å². The second kappa shape index (κ2) is 5.94. The molecule has 1 aliphatic rings. The number of hydrogen-bond acceptors (Lipinski definition) is 2. The first kappa shape index (κ1) is 18.5. The van der Waals surface area contributed by atoms with Crippen molar-refractivity contribution in [3.63, 3.8) is 0 Å². The average molecular weight is 342 g/mol. The van der Waals surface area contributed by atoms with Crippen molar-refractivity contribution in [3.8, 4) is 0 Å². The van der Waals surface area contributed by atoms with Crippen LogP contribution in [0.3, 0.4) is 0 Å². The van der Waals surface area contributed by atoms with Gasteiger partial charge in [-0.25, -0.2) is 0 Å². The van der Waals surface area contributed by atoms with Crippen molar-refractivity contribution in [3.05, 3.63) is 0 Å². The zero-order valence-electron chi connectivity index (χ0n) is 11.0. The first-order valence-electron chi connectivity index (χ1n) is 6.43. The Kier molecular flexibility index (Phi) is 5.24. The van der Waals surface area contributed by atoms with Crippen LogP contribution in [0.4, 0.5) is 26.3 Å². The van der Waals surface area contributed by atoms with E-state index in [2.05, 4.69) is 0 Å². The van der Waals surface area contributed by atoms with Crippen LogP contribution in [0.2, 0.25) is 0 Å². The summed E-state index contributed by atoms with van der Waals surface area (Å²) in [6, 6.07) is 0. The normalized spacial score (nSPS) is 19.8. The lowest BCUT2D eigenvalue weighted by molar-refractivity contribution is -0.283. The number of rotatable bonds is 6. The highest BCUT2D eigenvalue weighted by atomic mass is 32.2. The lowest BCUT2D eigenvalue weighted by Crippen LogP contribution is -2.57. The lowest BCUT2D eigenvalue weighted by atomic mass is 9.85. The van der Waals surface area contributed by atoms with Crippen LogP contribution in [0, 0.1) is 5.92 Å². The maximum atomic E-state index is 13.4. The van der Waals surface area contributed by atoms with Gasteiger partial charge in [0.15, 0.2) is 0 Å². The Morgan fingerprint density at radius 3 is 1.86 bits per heavy atom. The number of halogens is 6. The van der Waals surface area contributed by atoms with E-state index in [1.807, 2.05) is 0 Å². The van der Waals surface area contributed by atoms with Crippen molar-refractivity contribution in [2.24, 2.45) is 5.92 Å². The summed E-state index contributed by atoms with van der Waals surface area (Å²) in [5.41, 5.74) is 0. The SMILES string of the molecule is O=S(=O)(O)C(F)(F)C(F)(F)C(F)(F)CCC1CCCCC1. The van der Waals surface area contributed by atoms with Gasteiger partial charge in [0.05, 0.1) is 0 Å². The monoisotopic (exact) mass is 342 g/mol. The van der Waals surface area contributed by atoms with E-state index in [4.69, 9.17) is 4.55 Å². The molecule has 1 N–H and O–H groups in total. The Balaban J connectivity index is 2.83. The van der Waals surface area contributed by atoms with Crippen LogP contribution in [0.15, 0.2) is 0 Å². The molecule has 0 saturated heterocycles. The van der Waals surface area contributed by atoms with E-state index in [9.17, 15) is 34.8 Å². The van der Waals surface area contributed by atoms with Gasteiger partial charge in [0.25, 0.3) is 0 Å². The fourth-order valence-corrected chi connectivity index (χ4v) is 2.87. The zero-order valence-corrected chi connectivity index (χ0v) is 11.8. The summed E-state index contributed by atoms with van der Waals surface area (Å²) < 4.78 is 107.